The highest BCUT2D eigenvalue weighted by molar-refractivity contribution is 14.1. The van der Waals surface area contributed by atoms with Gasteiger partial charge in [-0.25, -0.2) is 0 Å². The van der Waals surface area contributed by atoms with Gasteiger partial charge in [-0.3, -0.25) is 9.36 Å². The zero-order valence-corrected chi connectivity index (χ0v) is 17.6. The summed E-state index contributed by atoms with van der Waals surface area (Å²) >= 11 is 2.09. The number of likely N-dealkylation sites (N-methyl/N-ethyl adjacent to an activating group) is 1. The van der Waals surface area contributed by atoms with Crippen LogP contribution in [0.5, 0.6) is 0 Å². The summed E-state index contributed by atoms with van der Waals surface area (Å²) in [6, 6.07) is 18.6. The fraction of sp³-hybridized carbons (Fsp3) is 0.318. The Hall–Kier alpha value is -1.86. The molecule has 1 saturated heterocycles. The fourth-order valence-corrected chi connectivity index (χ4v) is 4.42. The third kappa shape index (κ3) is 3.75. The highest BCUT2D eigenvalue weighted by Gasteiger charge is 2.23. The minimum Gasteiger partial charge on any atom is -0.328 e. The maximum absolute atomic E-state index is 13.5. The molecule has 1 atom stereocenters. The van der Waals surface area contributed by atoms with Crippen molar-refractivity contribution in [1.82, 2.24) is 9.47 Å². The number of anilines is 1. The van der Waals surface area contributed by atoms with Gasteiger partial charge in [-0.2, -0.15) is 0 Å². The molecule has 2 heterocycles. The predicted molar refractivity (Wildman–Crippen MR) is 120 cm³/mol. The highest BCUT2D eigenvalue weighted by Crippen LogP contribution is 2.26. The van der Waals surface area contributed by atoms with E-state index in [-0.39, 0.29) is 5.91 Å². The first-order chi connectivity index (χ1) is 13.2. The van der Waals surface area contributed by atoms with Crippen LogP contribution < -0.4 is 3.53 Å². The van der Waals surface area contributed by atoms with E-state index in [9.17, 15) is 4.79 Å². The van der Waals surface area contributed by atoms with Gasteiger partial charge < -0.3 is 8.43 Å². The number of carbonyl (C=O) groups is 1. The molecule has 0 amide bonds. The Morgan fingerprint density at radius 2 is 2.00 bits per heavy atom. The summed E-state index contributed by atoms with van der Waals surface area (Å²) in [7, 11) is 2.20. The first kappa shape index (κ1) is 18.5. The Kier molecular flexibility index (Phi) is 5.50. The molecule has 27 heavy (non-hydrogen) atoms. The van der Waals surface area contributed by atoms with Gasteiger partial charge in [0.15, 0.2) is 0 Å². The first-order valence-electron chi connectivity index (χ1n) is 9.48. The van der Waals surface area contributed by atoms with Crippen LogP contribution in [0.4, 0.5) is 5.69 Å². The number of carbonyl (C=O) groups excluding carboxylic acids is 1. The average molecular weight is 473 g/mol. The lowest BCUT2D eigenvalue weighted by Crippen LogP contribution is -2.38. The lowest BCUT2D eigenvalue weighted by Gasteiger charge is -2.32. The summed E-state index contributed by atoms with van der Waals surface area (Å²) < 4.78 is 5.01. The third-order valence-corrected chi connectivity index (χ3v) is 6.20. The number of benzene rings is 2. The molecule has 4 nitrogen and oxygen atoms in total. The zero-order chi connectivity index (χ0) is 18.8. The first-order valence-corrected chi connectivity index (χ1v) is 10.6. The Bertz CT molecular complexity index is 965. The third-order valence-electron chi connectivity index (χ3n) is 5.57. The Morgan fingerprint density at radius 1 is 1.15 bits per heavy atom. The van der Waals surface area contributed by atoms with E-state index in [1.807, 2.05) is 47.0 Å². The number of rotatable bonds is 4. The van der Waals surface area contributed by atoms with E-state index < -0.39 is 0 Å². The molecule has 1 unspecified atom stereocenters. The number of piperidine rings is 1. The van der Waals surface area contributed by atoms with Crippen LogP contribution in [-0.4, -0.2) is 35.0 Å². The van der Waals surface area contributed by atoms with E-state index in [1.165, 1.54) is 19.3 Å². The maximum Gasteiger partial charge on any atom is 0.262 e. The van der Waals surface area contributed by atoms with Gasteiger partial charge in [-0.05, 0) is 56.8 Å². The van der Waals surface area contributed by atoms with E-state index in [1.54, 1.807) is 0 Å². The van der Waals surface area contributed by atoms with Crippen LogP contribution in [0.1, 0.15) is 35.3 Å². The van der Waals surface area contributed by atoms with Crippen molar-refractivity contribution in [2.24, 2.45) is 0 Å². The quantitative estimate of drug-likeness (QED) is 0.423. The van der Waals surface area contributed by atoms with Crippen molar-refractivity contribution >= 4 is 45.4 Å². The number of halogens is 1. The van der Waals surface area contributed by atoms with Crippen LogP contribution in [0.25, 0.3) is 10.9 Å². The molecule has 0 saturated carbocycles. The van der Waals surface area contributed by atoms with Gasteiger partial charge in [0.2, 0.25) is 0 Å². The number of para-hydroxylation sites is 1. The summed E-state index contributed by atoms with van der Waals surface area (Å²) in [4.78, 5) is 15.9. The van der Waals surface area contributed by atoms with Crippen molar-refractivity contribution in [2.45, 2.75) is 31.7 Å². The summed E-state index contributed by atoms with van der Waals surface area (Å²) in [6.45, 7) is 1.14. The molecule has 1 aromatic heterocycles. The fourth-order valence-electron chi connectivity index (χ4n) is 4.09. The van der Waals surface area contributed by atoms with Crippen molar-refractivity contribution in [3.05, 3.63) is 65.9 Å². The molecule has 1 N–H and O–H groups in total. The number of fused-ring (bicyclic) bond motifs is 1. The predicted octanol–water partition coefficient (Wildman–Crippen LogP) is 5.12. The molecule has 4 rings (SSSR count). The maximum atomic E-state index is 13.5. The van der Waals surface area contributed by atoms with Gasteiger partial charge in [-0.1, -0.05) is 30.7 Å². The van der Waals surface area contributed by atoms with Crippen LogP contribution in [-0.2, 0) is 6.42 Å². The van der Waals surface area contributed by atoms with Gasteiger partial charge in [-0.15, -0.1) is 0 Å². The van der Waals surface area contributed by atoms with E-state index in [4.69, 9.17) is 0 Å². The van der Waals surface area contributed by atoms with E-state index in [2.05, 4.69) is 50.5 Å². The lowest BCUT2D eigenvalue weighted by atomic mass is 9.98. The van der Waals surface area contributed by atoms with Crippen LogP contribution in [0, 0.1) is 0 Å². The van der Waals surface area contributed by atoms with Gasteiger partial charge in [0.05, 0.1) is 28.4 Å². The summed E-state index contributed by atoms with van der Waals surface area (Å²) in [6.07, 6.45) is 4.64. The monoisotopic (exact) mass is 473 g/mol. The number of hydrogen-bond acceptors (Lipinski definition) is 3. The number of nitrogens with zero attached hydrogens (tertiary/aromatic N) is 2. The molecule has 140 valence electrons. The minimum atomic E-state index is 0.0400. The largest absolute Gasteiger partial charge is 0.328 e. The van der Waals surface area contributed by atoms with Gasteiger partial charge in [0.1, 0.15) is 0 Å². The molecular formula is C22H24IN3O. The SMILES string of the molecule is CN1CCCCC1Cc1cc2ccccc2n1C(=O)c1cccc(NI)c1. The molecule has 1 aliphatic heterocycles. The van der Waals surface area contributed by atoms with Gasteiger partial charge in [0.25, 0.3) is 5.91 Å². The smallest absolute Gasteiger partial charge is 0.262 e. The van der Waals surface area contributed by atoms with E-state index >= 15 is 0 Å². The molecule has 2 aromatic carbocycles. The molecule has 0 aliphatic carbocycles. The minimum absolute atomic E-state index is 0.0400. The number of likely N-dealkylation sites (tertiary alicyclic amines) is 1. The second-order valence-corrected chi connectivity index (χ2v) is 7.88. The molecule has 3 aromatic rings. The lowest BCUT2D eigenvalue weighted by molar-refractivity contribution is 0.0959. The standard InChI is InChI=1S/C22H24IN3O/c1-25-12-5-4-10-19(25)15-20-14-16-7-2-3-11-21(16)26(20)22(27)17-8-6-9-18(13-17)24-23/h2-3,6-9,11,13-14,19,24H,4-5,10,12,15H2,1H3. The second kappa shape index (κ2) is 8.02. The van der Waals surface area contributed by atoms with Crippen molar-refractivity contribution in [3.8, 4) is 0 Å². The van der Waals surface area contributed by atoms with Crippen molar-refractivity contribution in [2.75, 3.05) is 17.1 Å². The molecule has 0 spiro atoms. The number of nitrogens with one attached hydrogen (secondary N) is 1. The topological polar surface area (TPSA) is 37.3 Å². The second-order valence-electron chi connectivity index (χ2n) is 7.34. The van der Waals surface area contributed by atoms with Crippen molar-refractivity contribution < 1.29 is 4.79 Å². The highest BCUT2D eigenvalue weighted by atomic mass is 127. The Labute approximate surface area is 174 Å². The number of hydrogen-bond donors (Lipinski definition) is 1. The molecule has 0 radical (unpaired) electrons. The summed E-state index contributed by atoms with van der Waals surface area (Å²) in [5.41, 5.74) is 3.74. The molecule has 5 heteroatoms. The summed E-state index contributed by atoms with van der Waals surface area (Å²) in [5, 5.41) is 1.13. The van der Waals surface area contributed by atoms with E-state index in [0.29, 0.717) is 11.6 Å². The molecule has 0 bridgehead atoms. The van der Waals surface area contributed by atoms with Crippen molar-refractivity contribution in [1.29, 1.82) is 0 Å². The zero-order valence-electron chi connectivity index (χ0n) is 15.5. The Balaban J connectivity index is 1.76. The van der Waals surface area contributed by atoms with Gasteiger partial charge in [0, 0.05) is 34.8 Å². The molecular weight excluding hydrogens is 449 g/mol. The Morgan fingerprint density at radius 3 is 2.81 bits per heavy atom. The molecule has 1 fully saturated rings. The molecule has 1 aliphatic rings. The average Bonchev–Trinajstić information content (AvgIpc) is 3.07. The van der Waals surface area contributed by atoms with E-state index in [0.717, 1.165) is 35.2 Å². The normalized spacial score (nSPS) is 17.9. The van der Waals surface area contributed by atoms with Crippen LogP contribution in [0.2, 0.25) is 0 Å². The van der Waals surface area contributed by atoms with Crippen molar-refractivity contribution in [3.63, 3.8) is 0 Å². The van der Waals surface area contributed by atoms with Crippen LogP contribution >= 0.6 is 22.9 Å². The van der Waals surface area contributed by atoms with Crippen LogP contribution in [0.3, 0.4) is 0 Å². The van der Waals surface area contributed by atoms with Crippen LogP contribution in [0.15, 0.2) is 54.6 Å². The van der Waals surface area contributed by atoms with Gasteiger partial charge >= 0.3 is 0 Å². The summed E-state index contributed by atoms with van der Waals surface area (Å²) in [5.74, 6) is 0.0400. The number of aromatic nitrogens is 1.